The number of nitrogens with one attached hydrogen (secondary N) is 1. The largest absolute Gasteiger partial charge is 0.493 e. The summed E-state index contributed by atoms with van der Waals surface area (Å²) in [6.07, 6.45) is 8.32. The summed E-state index contributed by atoms with van der Waals surface area (Å²) in [4.78, 5) is 9.96. The first-order chi connectivity index (χ1) is 12.3. The van der Waals surface area contributed by atoms with Crippen molar-refractivity contribution < 1.29 is 4.74 Å². The summed E-state index contributed by atoms with van der Waals surface area (Å²) in [5.41, 5.74) is 2.00. The van der Waals surface area contributed by atoms with Crippen LogP contribution >= 0.6 is 23.7 Å². The summed E-state index contributed by atoms with van der Waals surface area (Å²) in [5.74, 6) is 2.53. The Labute approximate surface area is 164 Å². The lowest BCUT2D eigenvalue weighted by Crippen LogP contribution is -2.15. The molecule has 1 fully saturated rings. The van der Waals surface area contributed by atoms with Gasteiger partial charge in [0.05, 0.1) is 17.5 Å². The lowest BCUT2D eigenvalue weighted by Gasteiger charge is -2.21. The SMILES string of the molecule is Cc1scc2ncnc(Nc3ccc(OCC4CCCCC4)cc3)c12.Cl. The van der Waals surface area contributed by atoms with E-state index >= 15 is 0 Å². The molecule has 0 bridgehead atoms. The number of ether oxygens (including phenoxy) is 1. The highest BCUT2D eigenvalue weighted by Gasteiger charge is 2.14. The number of aromatic nitrogens is 2. The highest BCUT2D eigenvalue weighted by Crippen LogP contribution is 2.31. The molecule has 2 heterocycles. The first-order valence-electron chi connectivity index (χ1n) is 8.98. The first kappa shape index (κ1) is 18.9. The third-order valence-electron chi connectivity index (χ3n) is 4.90. The third kappa shape index (κ3) is 4.27. The monoisotopic (exact) mass is 389 g/mol. The molecule has 0 amide bonds. The molecule has 26 heavy (non-hydrogen) atoms. The van der Waals surface area contributed by atoms with Crippen molar-refractivity contribution in [3.63, 3.8) is 0 Å². The first-order valence-corrected chi connectivity index (χ1v) is 9.86. The minimum Gasteiger partial charge on any atom is -0.493 e. The molecule has 0 aliphatic heterocycles. The average molecular weight is 390 g/mol. The molecule has 2 aromatic heterocycles. The minimum atomic E-state index is 0. The van der Waals surface area contributed by atoms with Crippen LogP contribution in [0.2, 0.25) is 0 Å². The van der Waals surface area contributed by atoms with Crippen molar-refractivity contribution in [3.8, 4) is 5.75 Å². The Morgan fingerprint density at radius 1 is 1.12 bits per heavy atom. The van der Waals surface area contributed by atoms with Crippen LogP contribution in [0.5, 0.6) is 5.75 Å². The van der Waals surface area contributed by atoms with Gasteiger partial charge < -0.3 is 10.1 Å². The summed E-state index contributed by atoms with van der Waals surface area (Å²) in [7, 11) is 0. The normalized spacial score (nSPS) is 14.8. The number of halogens is 1. The van der Waals surface area contributed by atoms with Crippen molar-refractivity contribution in [3.05, 3.63) is 40.8 Å². The molecule has 1 N–H and O–H groups in total. The number of fused-ring (bicyclic) bond motifs is 1. The summed E-state index contributed by atoms with van der Waals surface area (Å²) < 4.78 is 5.98. The zero-order valence-electron chi connectivity index (χ0n) is 14.9. The standard InChI is InChI=1S/C20H23N3OS.ClH/c1-14-19-18(12-25-14)21-13-22-20(19)23-16-7-9-17(10-8-16)24-11-15-5-3-2-4-6-15;/h7-10,12-13,15H,2-6,11H2,1H3,(H,21,22,23);1H. The molecule has 4 nitrogen and oxygen atoms in total. The van der Waals surface area contributed by atoms with Gasteiger partial charge in [-0.3, -0.25) is 0 Å². The second-order valence-corrected chi connectivity index (χ2v) is 7.82. The summed E-state index contributed by atoms with van der Waals surface area (Å²) in [5, 5.41) is 6.58. The molecular weight excluding hydrogens is 366 g/mol. The Kier molecular flexibility index (Phi) is 6.33. The van der Waals surface area contributed by atoms with E-state index < -0.39 is 0 Å². The van der Waals surface area contributed by atoms with Crippen molar-refractivity contribution in [1.82, 2.24) is 9.97 Å². The molecule has 1 aliphatic rings. The van der Waals surface area contributed by atoms with Crippen molar-refractivity contribution in [2.45, 2.75) is 39.0 Å². The average Bonchev–Trinajstić information content (AvgIpc) is 3.04. The van der Waals surface area contributed by atoms with Gasteiger partial charge in [0.25, 0.3) is 0 Å². The van der Waals surface area contributed by atoms with E-state index in [1.54, 1.807) is 17.7 Å². The molecule has 1 saturated carbocycles. The smallest absolute Gasteiger partial charge is 0.142 e. The highest BCUT2D eigenvalue weighted by molar-refractivity contribution is 7.11. The molecule has 138 valence electrons. The maximum atomic E-state index is 5.98. The molecule has 0 saturated heterocycles. The van der Waals surface area contributed by atoms with Crippen LogP contribution in [0.25, 0.3) is 10.9 Å². The predicted octanol–water partition coefficient (Wildman–Crippen LogP) is 6.12. The van der Waals surface area contributed by atoms with Crippen molar-refractivity contribution >= 4 is 46.2 Å². The van der Waals surface area contributed by atoms with Crippen LogP contribution in [0.15, 0.2) is 36.0 Å². The Hall–Kier alpha value is -1.85. The van der Waals surface area contributed by atoms with E-state index in [1.165, 1.54) is 37.0 Å². The van der Waals surface area contributed by atoms with Gasteiger partial charge in [0, 0.05) is 15.9 Å². The van der Waals surface area contributed by atoms with Crippen molar-refractivity contribution in [2.75, 3.05) is 11.9 Å². The number of rotatable bonds is 5. The number of nitrogens with zero attached hydrogens (tertiary/aromatic N) is 2. The fourth-order valence-corrected chi connectivity index (χ4v) is 4.26. The van der Waals surface area contributed by atoms with Gasteiger partial charge in [-0.15, -0.1) is 23.7 Å². The van der Waals surface area contributed by atoms with Crippen LogP contribution in [0.3, 0.4) is 0 Å². The Morgan fingerprint density at radius 3 is 2.65 bits per heavy atom. The van der Waals surface area contributed by atoms with Gasteiger partial charge in [-0.25, -0.2) is 9.97 Å². The van der Waals surface area contributed by atoms with Gasteiger partial charge in [0.2, 0.25) is 0 Å². The Bertz CT molecular complexity index is 844. The molecule has 4 rings (SSSR count). The molecule has 0 atom stereocenters. The zero-order chi connectivity index (χ0) is 17.1. The number of thiophene rings is 1. The van der Waals surface area contributed by atoms with Crippen LogP contribution in [0, 0.1) is 12.8 Å². The van der Waals surface area contributed by atoms with E-state index in [1.807, 2.05) is 24.3 Å². The predicted molar refractivity (Wildman–Crippen MR) is 111 cm³/mol. The molecule has 1 aliphatic carbocycles. The number of benzene rings is 1. The van der Waals surface area contributed by atoms with Crippen LogP contribution in [-0.4, -0.2) is 16.6 Å². The molecule has 6 heteroatoms. The third-order valence-corrected chi connectivity index (χ3v) is 5.80. The van der Waals surface area contributed by atoms with Gasteiger partial charge in [0.15, 0.2) is 0 Å². The van der Waals surface area contributed by atoms with E-state index in [0.29, 0.717) is 0 Å². The maximum Gasteiger partial charge on any atom is 0.142 e. The van der Waals surface area contributed by atoms with Crippen molar-refractivity contribution in [1.29, 1.82) is 0 Å². The maximum absolute atomic E-state index is 5.98. The van der Waals surface area contributed by atoms with E-state index in [2.05, 4.69) is 27.6 Å². The van der Waals surface area contributed by atoms with Gasteiger partial charge in [-0.2, -0.15) is 0 Å². The van der Waals surface area contributed by atoms with Crippen LogP contribution in [0.4, 0.5) is 11.5 Å². The fourth-order valence-electron chi connectivity index (χ4n) is 3.47. The number of hydrogen-bond acceptors (Lipinski definition) is 5. The Morgan fingerprint density at radius 2 is 1.88 bits per heavy atom. The second kappa shape index (κ2) is 8.69. The highest BCUT2D eigenvalue weighted by atomic mass is 35.5. The fraction of sp³-hybridized carbons (Fsp3) is 0.400. The topological polar surface area (TPSA) is 47.0 Å². The van der Waals surface area contributed by atoms with E-state index in [-0.39, 0.29) is 12.4 Å². The quantitative estimate of drug-likeness (QED) is 0.570. The van der Waals surface area contributed by atoms with E-state index in [9.17, 15) is 0 Å². The van der Waals surface area contributed by atoms with Gasteiger partial charge >= 0.3 is 0 Å². The van der Waals surface area contributed by atoms with Crippen LogP contribution in [-0.2, 0) is 0 Å². The zero-order valence-corrected chi connectivity index (χ0v) is 16.5. The number of aryl methyl sites for hydroxylation is 1. The van der Waals surface area contributed by atoms with Gasteiger partial charge in [0.1, 0.15) is 17.9 Å². The van der Waals surface area contributed by atoms with Gasteiger partial charge in [-0.1, -0.05) is 19.3 Å². The summed E-state index contributed by atoms with van der Waals surface area (Å²) in [6, 6.07) is 8.16. The van der Waals surface area contributed by atoms with Crippen LogP contribution < -0.4 is 10.1 Å². The molecule has 0 unspecified atom stereocenters. The lowest BCUT2D eigenvalue weighted by molar-refractivity contribution is 0.209. The molecule has 0 radical (unpaired) electrons. The summed E-state index contributed by atoms with van der Waals surface area (Å²) >= 11 is 1.70. The molecular formula is C20H24ClN3OS. The molecule has 3 aromatic rings. The lowest BCUT2D eigenvalue weighted by atomic mass is 9.90. The second-order valence-electron chi connectivity index (χ2n) is 6.74. The summed E-state index contributed by atoms with van der Waals surface area (Å²) in [6.45, 7) is 2.94. The molecule has 0 spiro atoms. The Balaban J connectivity index is 0.00000196. The van der Waals surface area contributed by atoms with E-state index in [0.717, 1.165) is 40.7 Å². The number of anilines is 2. The number of hydrogen-bond donors (Lipinski definition) is 1. The van der Waals surface area contributed by atoms with Crippen LogP contribution in [0.1, 0.15) is 37.0 Å². The van der Waals surface area contributed by atoms with Crippen molar-refractivity contribution in [2.24, 2.45) is 5.92 Å². The van der Waals surface area contributed by atoms with E-state index in [4.69, 9.17) is 4.74 Å². The molecule has 1 aromatic carbocycles. The minimum absolute atomic E-state index is 0. The van der Waals surface area contributed by atoms with Gasteiger partial charge in [-0.05, 0) is 49.9 Å².